The van der Waals surface area contributed by atoms with Crippen LogP contribution < -0.4 is 0 Å². The van der Waals surface area contributed by atoms with Crippen LogP contribution in [0.4, 0.5) is 0 Å². The van der Waals surface area contributed by atoms with Crippen LogP contribution in [0.1, 0.15) is 240 Å². The molecule has 0 radical (unpaired) electrons. The van der Waals surface area contributed by atoms with E-state index >= 15 is 0 Å². The van der Waals surface area contributed by atoms with Crippen molar-refractivity contribution in [2.24, 2.45) is 5.92 Å². The SMILES string of the molecule is CCCCCCCCC(CCCCCC)C(=O)OCCCCCCN(CCCCO)CCCCCCO[Si](C)(C)OC(CCCCCCC)OCCCCCCC. The highest BCUT2D eigenvalue weighted by Gasteiger charge is 2.29. The van der Waals surface area contributed by atoms with Gasteiger partial charge in [0.25, 0.3) is 0 Å². The molecule has 0 saturated heterocycles. The Bertz CT molecular complexity index is 817. The third-order valence-corrected chi connectivity index (χ3v) is 13.2. The van der Waals surface area contributed by atoms with Crippen molar-refractivity contribution in [2.45, 2.75) is 259 Å². The molecule has 1 N–H and O–H groups in total. The van der Waals surface area contributed by atoms with E-state index < -0.39 is 8.56 Å². The van der Waals surface area contributed by atoms with Gasteiger partial charge in [-0.3, -0.25) is 4.79 Å². The minimum Gasteiger partial charge on any atom is -0.465 e. The highest BCUT2D eigenvalue weighted by atomic mass is 28.4. The summed E-state index contributed by atoms with van der Waals surface area (Å²) in [6.45, 7) is 19.1. The van der Waals surface area contributed by atoms with Crippen molar-refractivity contribution in [1.29, 1.82) is 0 Å². The Labute approximate surface area is 357 Å². The van der Waals surface area contributed by atoms with Gasteiger partial charge in [0.15, 0.2) is 0 Å². The summed E-state index contributed by atoms with van der Waals surface area (Å²) in [5.74, 6) is 0.157. The number of nitrogens with zero attached hydrogens (tertiary/aromatic N) is 1. The number of hydrogen-bond donors (Lipinski definition) is 1. The molecule has 8 heteroatoms. The molecule has 0 amide bonds. The maximum atomic E-state index is 13.0. The number of aliphatic hydroxyl groups excluding tert-OH is 1. The van der Waals surface area contributed by atoms with Crippen molar-refractivity contribution in [2.75, 3.05) is 46.1 Å². The summed E-state index contributed by atoms with van der Waals surface area (Å²) < 4.78 is 25.1. The number of carbonyl (C=O) groups excluding carboxylic acids is 1. The van der Waals surface area contributed by atoms with Crippen LogP contribution in [0.3, 0.4) is 0 Å². The van der Waals surface area contributed by atoms with Crippen molar-refractivity contribution < 1.29 is 28.2 Å². The van der Waals surface area contributed by atoms with Crippen molar-refractivity contribution in [3.63, 3.8) is 0 Å². The summed E-state index contributed by atoms with van der Waals surface area (Å²) in [5, 5.41) is 9.36. The topological polar surface area (TPSA) is 77.5 Å². The van der Waals surface area contributed by atoms with Crippen LogP contribution in [-0.4, -0.2) is 76.9 Å². The minimum atomic E-state index is -2.26. The largest absolute Gasteiger partial charge is 0.465 e. The maximum Gasteiger partial charge on any atom is 0.333 e. The molecule has 342 valence electrons. The predicted octanol–water partition coefficient (Wildman–Crippen LogP) is 14.5. The van der Waals surface area contributed by atoms with E-state index in [9.17, 15) is 9.90 Å². The average molecular weight is 828 g/mol. The van der Waals surface area contributed by atoms with Crippen molar-refractivity contribution in [3.05, 3.63) is 0 Å². The first-order chi connectivity index (χ1) is 27.8. The first-order valence-corrected chi connectivity index (χ1v) is 28.1. The average Bonchev–Trinajstić information content (AvgIpc) is 3.19. The Balaban J connectivity index is 4.43. The van der Waals surface area contributed by atoms with E-state index in [2.05, 4.69) is 45.7 Å². The predicted molar refractivity (Wildman–Crippen MR) is 247 cm³/mol. The summed E-state index contributed by atoms with van der Waals surface area (Å²) in [5.41, 5.74) is 0. The molecule has 0 aliphatic carbocycles. The van der Waals surface area contributed by atoms with Gasteiger partial charge in [0.05, 0.1) is 12.5 Å². The number of carbonyl (C=O) groups is 1. The van der Waals surface area contributed by atoms with E-state index in [0.717, 1.165) is 110 Å². The lowest BCUT2D eigenvalue weighted by atomic mass is 9.94. The molecule has 7 nitrogen and oxygen atoms in total. The molecule has 0 saturated carbocycles. The Morgan fingerprint density at radius 1 is 0.491 bits per heavy atom. The normalized spacial score (nSPS) is 13.1. The number of rotatable bonds is 47. The van der Waals surface area contributed by atoms with Crippen LogP contribution in [0, 0.1) is 5.92 Å². The molecule has 0 aromatic carbocycles. The third-order valence-electron chi connectivity index (χ3n) is 11.5. The molecule has 0 rings (SSSR count). The maximum absolute atomic E-state index is 13.0. The number of aliphatic hydroxyl groups is 1. The molecular formula is C49H101NO6Si. The Morgan fingerprint density at radius 3 is 1.42 bits per heavy atom. The van der Waals surface area contributed by atoms with Gasteiger partial charge in [-0.15, -0.1) is 0 Å². The summed E-state index contributed by atoms with van der Waals surface area (Å²) in [6, 6.07) is 0. The molecule has 0 aromatic heterocycles. The van der Waals surface area contributed by atoms with Crippen LogP contribution in [0.25, 0.3) is 0 Å². The second-order valence-corrected chi connectivity index (χ2v) is 21.0. The molecule has 0 fully saturated rings. The molecule has 0 aliphatic heterocycles. The molecule has 57 heavy (non-hydrogen) atoms. The fourth-order valence-corrected chi connectivity index (χ4v) is 9.23. The van der Waals surface area contributed by atoms with E-state index in [-0.39, 0.29) is 24.8 Å². The van der Waals surface area contributed by atoms with Crippen LogP contribution >= 0.6 is 0 Å². The van der Waals surface area contributed by atoms with Gasteiger partial charge in [0.1, 0.15) is 6.29 Å². The second-order valence-electron chi connectivity index (χ2n) is 17.7. The molecule has 0 aromatic rings. The van der Waals surface area contributed by atoms with E-state index in [1.54, 1.807) is 0 Å². The first kappa shape index (κ1) is 56.5. The zero-order valence-corrected chi connectivity index (χ0v) is 40.4. The molecule has 0 aliphatic rings. The van der Waals surface area contributed by atoms with Crippen LogP contribution in [0.2, 0.25) is 13.1 Å². The molecular weight excluding hydrogens is 727 g/mol. The van der Waals surface area contributed by atoms with E-state index in [0.29, 0.717) is 6.61 Å². The molecule has 0 spiro atoms. The lowest BCUT2D eigenvalue weighted by Crippen LogP contribution is -2.40. The zero-order chi connectivity index (χ0) is 41.9. The third kappa shape index (κ3) is 39.4. The van der Waals surface area contributed by atoms with Gasteiger partial charge in [-0.2, -0.15) is 0 Å². The lowest BCUT2D eigenvalue weighted by molar-refractivity contribution is -0.149. The fraction of sp³-hybridized carbons (Fsp3) is 0.980. The minimum absolute atomic E-state index is 0.0614. The smallest absolute Gasteiger partial charge is 0.333 e. The number of hydrogen-bond acceptors (Lipinski definition) is 7. The van der Waals surface area contributed by atoms with Crippen molar-refractivity contribution in [3.8, 4) is 0 Å². The fourth-order valence-electron chi connectivity index (χ4n) is 7.70. The van der Waals surface area contributed by atoms with Crippen LogP contribution in [0.15, 0.2) is 0 Å². The molecule has 2 unspecified atom stereocenters. The van der Waals surface area contributed by atoms with Gasteiger partial charge in [0.2, 0.25) is 0 Å². The van der Waals surface area contributed by atoms with E-state index in [4.69, 9.17) is 18.3 Å². The van der Waals surface area contributed by atoms with Gasteiger partial charge in [0, 0.05) is 19.8 Å². The van der Waals surface area contributed by atoms with Gasteiger partial charge in [-0.1, -0.05) is 169 Å². The lowest BCUT2D eigenvalue weighted by Gasteiger charge is -2.29. The summed E-state index contributed by atoms with van der Waals surface area (Å²) in [4.78, 5) is 15.6. The summed E-state index contributed by atoms with van der Waals surface area (Å²) in [6.07, 6.45) is 39.0. The highest BCUT2D eigenvalue weighted by molar-refractivity contribution is 6.64. The summed E-state index contributed by atoms with van der Waals surface area (Å²) >= 11 is 0. The standard InChI is InChI=1S/C49H101NO6Si/c1-7-11-15-19-21-28-38-47(37-27-18-14-10-4)49(52)54-45-35-25-22-30-40-50(42-32-33-43-51)41-31-23-26-36-46-55-57(5,6)56-48(39-29-20-16-12-8-2)53-44-34-24-17-13-9-3/h47-48,51H,7-46H2,1-6H3. The van der Waals surface area contributed by atoms with Gasteiger partial charge < -0.3 is 28.3 Å². The highest BCUT2D eigenvalue weighted by Crippen LogP contribution is 2.22. The quantitative estimate of drug-likeness (QED) is 0.0283. The van der Waals surface area contributed by atoms with Crippen LogP contribution in [0.5, 0.6) is 0 Å². The zero-order valence-electron chi connectivity index (χ0n) is 39.4. The Morgan fingerprint density at radius 2 is 0.895 bits per heavy atom. The second kappa shape index (κ2) is 43.6. The van der Waals surface area contributed by atoms with Gasteiger partial charge in [-0.25, -0.2) is 0 Å². The molecule has 0 bridgehead atoms. The van der Waals surface area contributed by atoms with E-state index in [1.165, 1.54) is 135 Å². The number of esters is 1. The number of unbranched alkanes of at least 4 members (excludes halogenated alkanes) is 23. The van der Waals surface area contributed by atoms with Crippen molar-refractivity contribution >= 4 is 14.5 Å². The van der Waals surface area contributed by atoms with Crippen LogP contribution in [-0.2, 0) is 23.1 Å². The Kier molecular flexibility index (Phi) is 43.2. The molecule has 0 heterocycles. The van der Waals surface area contributed by atoms with Gasteiger partial charge in [-0.05, 0) is 103 Å². The Hall–Kier alpha value is -0.513. The molecule has 2 atom stereocenters. The summed E-state index contributed by atoms with van der Waals surface area (Å²) in [7, 11) is -2.26. The van der Waals surface area contributed by atoms with Gasteiger partial charge >= 0.3 is 14.5 Å². The first-order valence-electron chi connectivity index (χ1n) is 25.3. The van der Waals surface area contributed by atoms with E-state index in [1.807, 2.05) is 0 Å². The monoisotopic (exact) mass is 828 g/mol. The number of ether oxygens (including phenoxy) is 2. The van der Waals surface area contributed by atoms with Crippen molar-refractivity contribution in [1.82, 2.24) is 4.90 Å².